The van der Waals surface area contributed by atoms with E-state index in [0.717, 1.165) is 11.1 Å². The molecule has 3 nitrogen and oxygen atoms in total. The normalized spacial score (nSPS) is 24.1. The lowest BCUT2D eigenvalue weighted by Gasteiger charge is -2.11. The predicted molar refractivity (Wildman–Crippen MR) is 64.3 cm³/mol. The lowest BCUT2D eigenvalue weighted by Crippen LogP contribution is -2.14. The van der Waals surface area contributed by atoms with Gasteiger partial charge in [0.25, 0.3) is 0 Å². The van der Waals surface area contributed by atoms with Gasteiger partial charge in [-0.05, 0) is 44.5 Å². The highest BCUT2D eigenvalue weighted by Crippen LogP contribution is 2.32. The Morgan fingerprint density at radius 3 is 2.75 bits per heavy atom. The van der Waals surface area contributed by atoms with Crippen LogP contribution in [0.5, 0.6) is 0 Å². The van der Waals surface area contributed by atoms with E-state index < -0.39 is 9.84 Å². The van der Waals surface area contributed by atoms with Crippen LogP contribution >= 0.6 is 0 Å². The van der Waals surface area contributed by atoms with E-state index in [1.54, 1.807) is 6.92 Å². The van der Waals surface area contributed by atoms with Gasteiger partial charge in [0.1, 0.15) is 0 Å². The maximum Gasteiger partial charge on any atom is 0.181 e. The maximum absolute atomic E-state index is 12.0. The van der Waals surface area contributed by atoms with Gasteiger partial charge in [-0.15, -0.1) is 0 Å². The van der Waals surface area contributed by atoms with Crippen molar-refractivity contribution in [1.29, 1.82) is 0 Å². The molecule has 0 aliphatic carbocycles. The number of sulfone groups is 1. The van der Waals surface area contributed by atoms with E-state index in [1.165, 1.54) is 0 Å². The molecule has 1 aliphatic heterocycles. The van der Waals surface area contributed by atoms with E-state index in [0.29, 0.717) is 11.3 Å². The summed E-state index contributed by atoms with van der Waals surface area (Å²) >= 11 is 0. The second kappa shape index (κ2) is 3.86. The number of hydrogen-bond acceptors (Lipinski definition) is 3. The third kappa shape index (κ3) is 1.66. The summed E-state index contributed by atoms with van der Waals surface area (Å²) in [4.78, 5) is 0.527. The molecule has 2 unspecified atom stereocenters. The van der Waals surface area contributed by atoms with Gasteiger partial charge in [-0.25, -0.2) is 8.42 Å². The third-order valence-electron chi connectivity index (χ3n) is 3.37. The van der Waals surface area contributed by atoms with Crippen LogP contribution in [0.3, 0.4) is 0 Å². The van der Waals surface area contributed by atoms with Crippen LogP contribution in [0.25, 0.3) is 0 Å². The monoisotopic (exact) mass is 239 g/mol. The average Bonchev–Trinajstić information content (AvgIpc) is 2.49. The Bertz CT molecular complexity index is 508. The summed E-state index contributed by atoms with van der Waals surface area (Å²) in [6.45, 7) is 3.79. The van der Waals surface area contributed by atoms with Crippen LogP contribution in [0.15, 0.2) is 23.1 Å². The minimum Gasteiger partial charge on any atom is -0.313 e. The van der Waals surface area contributed by atoms with Gasteiger partial charge < -0.3 is 5.32 Å². The van der Waals surface area contributed by atoms with Crippen molar-refractivity contribution in [3.63, 3.8) is 0 Å². The molecule has 4 heteroatoms. The van der Waals surface area contributed by atoms with Crippen LogP contribution in [-0.2, 0) is 16.3 Å². The van der Waals surface area contributed by atoms with E-state index >= 15 is 0 Å². The fourth-order valence-corrected chi connectivity index (χ4v) is 3.73. The summed E-state index contributed by atoms with van der Waals surface area (Å²) in [6.07, 6.45) is 0.645. The summed E-state index contributed by atoms with van der Waals surface area (Å²) < 4.78 is 24.1. The summed E-state index contributed by atoms with van der Waals surface area (Å²) in [5, 5.41) is 2.84. The number of fused-ring (bicyclic) bond motifs is 1. The molecule has 0 aromatic heterocycles. The second-order valence-corrected chi connectivity index (χ2v) is 6.77. The first-order valence-corrected chi connectivity index (χ1v) is 7.05. The summed E-state index contributed by atoms with van der Waals surface area (Å²) in [5.41, 5.74) is 1.98. The van der Waals surface area contributed by atoms with E-state index in [1.807, 2.05) is 32.2 Å². The molecule has 88 valence electrons. The third-order valence-corrected chi connectivity index (χ3v) is 5.59. The van der Waals surface area contributed by atoms with Gasteiger partial charge in [-0.1, -0.05) is 12.1 Å². The Hall–Kier alpha value is -0.870. The van der Waals surface area contributed by atoms with Crippen molar-refractivity contribution in [2.45, 2.75) is 36.5 Å². The second-order valence-electron chi connectivity index (χ2n) is 4.44. The number of rotatable bonds is 2. The van der Waals surface area contributed by atoms with Gasteiger partial charge in [0.2, 0.25) is 0 Å². The summed E-state index contributed by atoms with van der Waals surface area (Å²) in [7, 11) is -1.21. The molecule has 0 bridgehead atoms. The van der Waals surface area contributed by atoms with E-state index in [-0.39, 0.29) is 11.3 Å². The van der Waals surface area contributed by atoms with Crippen molar-refractivity contribution >= 4 is 9.84 Å². The fourth-order valence-electron chi connectivity index (χ4n) is 2.08. The topological polar surface area (TPSA) is 46.2 Å². The zero-order chi connectivity index (χ0) is 11.9. The lowest BCUT2D eigenvalue weighted by atomic mass is 10.0. The summed E-state index contributed by atoms with van der Waals surface area (Å²) in [5.74, 6) is 0. The molecule has 1 aliphatic rings. The molecule has 2 rings (SSSR count). The minimum atomic E-state index is -3.08. The van der Waals surface area contributed by atoms with Crippen LogP contribution in [0.2, 0.25) is 0 Å². The molecule has 1 aromatic rings. The quantitative estimate of drug-likeness (QED) is 0.854. The van der Waals surface area contributed by atoms with E-state index in [4.69, 9.17) is 0 Å². The summed E-state index contributed by atoms with van der Waals surface area (Å²) in [6, 6.07) is 5.94. The number of benzene rings is 1. The van der Waals surface area contributed by atoms with Crippen LogP contribution in [0.4, 0.5) is 0 Å². The Labute approximate surface area is 96.8 Å². The smallest absolute Gasteiger partial charge is 0.181 e. The van der Waals surface area contributed by atoms with E-state index in [2.05, 4.69) is 5.32 Å². The first-order valence-electron chi connectivity index (χ1n) is 5.51. The highest BCUT2D eigenvalue weighted by atomic mass is 32.2. The Kier molecular flexibility index (Phi) is 2.80. The Morgan fingerprint density at radius 1 is 1.44 bits per heavy atom. The highest BCUT2D eigenvalue weighted by Gasteiger charge is 2.33. The molecule has 0 amide bonds. The first-order chi connectivity index (χ1) is 7.46. The fraction of sp³-hybridized carbons (Fsp3) is 0.500. The van der Waals surface area contributed by atoms with E-state index in [9.17, 15) is 8.42 Å². The SMILES string of the molecule is CNC(C)c1ccc2c(c1)S(=O)(=O)C(C)C2. The van der Waals surface area contributed by atoms with Crippen molar-refractivity contribution in [3.8, 4) is 0 Å². The van der Waals surface area contributed by atoms with Crippen molar-refractivity contribution in [2.75, 3.05) is 7.05 Å². The molecule has 0 saturated carbocycles. The Morgan fingerprint density at radius 2 is 2.12 bits per heavy atom. The van der Waals surface area contributed by atoms with Gasteiger partial charge in [0.15, 0.2) is 9.84 Å². The molecule has 0 spiro atoms. The number of hydrogen-bond donors (Lipinski definition) is 1. The van der Waals surface area contributed by atoms with Crippen LogP contribution < -0.4 is 5.32 Å². The van der Waals surface area contributed by atoms with Crippen LogP contribution in [-0.4, -0.2) is 20.7 Å². The molecule has 0 saturated heterocycles. The predicted octanol–water partition coefficient (Wildman–Crippen LogP) is 1.69. The van der Waals surface area contributed by atoms with Crippen molar-refractivity contribution in [2.24, 2.45) is 0 Å². The standard InChI is InChI=1S/C12H17NO2S/c1-8-6-11-5-4-10(9(2)13-3)7-12(11)16(8,14)15/h4-5,7-9,13H,6H2,1-3H3. The molecule has 1 heterocycles. The first kappa shape index (κ1) is 11.6. The zero-order valence-corrected chi connectivity index (χ0v) is 10.6. The molecular formula is C12H17NO2S. The molecule has 1 aromatic carbocycles. The molecule has 1 N–H and O–H groups in total. The average molecular weight is 239 g/mol. The van der Waals surface area contributed by atoms with Gasteiger partial charge in [0, 0.05) is 6.04 Å². The largest absolute Gasteiger partial charge is 0.313 e. The zero-order valence-electron chi connectivity index (χ0n) is 9.82. The van der Waals surface area contributed by atoms with Crippen LogP contribution in [0, 0.1) is 0 Å². The van der Waals surface area contributed by atoms with Gasteiger partial charge >= 0.3 is 0 Å². The molecule has 0 fully saturated rings. The van der Waals surface area contributed by atoms with Gasteiger partial charge in [-0.3, -0.25) is 0 Å². The minimum absolute atomic E-state index is 0.177. The number of nitrogens with one attached hydrogen (secondary N) is 1. The van der Waals surface area contributed by atoms with Crippen molar-refractivity contribution in [3.05, 3.63) is 29.3 Å². The Balaban J connectivity index is 2.53. The molecular weight excluding hydrogens is 222 g/mol. The van der Waals surface area contributed by atoms with Crippen molar-refractivity contribution < 1.29 is 8.42 Å². The molecule has 16 heavy (non-hydrogen) atoms. The van der Waals surface area contributed by atoms with Crippen LogP contribution in [0.1, 0.15) is 31.0 Å². The van der Waals surface area contributed by atoms with Crippen molar-refractivity contribution in [1.82, 2.24) is 5.32 Å². The molecule has 0 radical (unpaired) electrons. The highest BCUT2D eigenvalue weighted by molar-refractivity contribution is 7.92. The molecule has 2 atom stereocenters. The van der Waals surface area contributed by atoms with Gasteiger partial charge in [0.05, 0.1) is 10.1 Å². The lowest BCUT2D eigenvalue weighted by molar-refractivity contribution is 0.590. The maximum atomic E-state index is 12.0. The van der Waals surface area contributed by atoms with Gasteiger partial charge in [-0.2, -0.15) is 0 Å².